The van der Waals surface area contributed by atoms with E-state index in [-0.39, 0.29) is 0 Å². The Hall–Kier alpha value is -0.970. The molecule has 2 fully saturated rings. The smallest absolute Gasteiger partial charge is 0.209 e. The third-order valence-corrected chi connectivity index (χ3v) is 5.57. The van der Waals surface area contributed by atoms with E-state index in [2.05, 4.69) is 34.1 Å². The normalized spacial score (nSPS) is 23.6. The Morgan fingerprint density at radius 2 is 1.59 bits per heavy atom. The molecule has 124 valence electrons. The standard InChI is InChI=1S/C17H31N5/c1-14(2)16(21-12-8-3-4-9-13-21)17-18-19-20-22(17)15-10-6-5-7-11-15/h14-16H,3-13H2,1-2H3/p+1/t16-/m0/s1. The van der Waals surface area contributed by atoms with Gasteiger partial charge in [-0.2, -0.15) is 0 Å². The van der Waals surface area contributed by atoms with E-state index in [9.17, 15) is 0 Å². The summed E-state index contributed by atoms with van der Waals surface area (Å²) in [4.78, 5) is 1.71. The molecule has 1 atom stereocenters. The average Bonchev–Trinajstić information content (AvgIpc) is 2.84. The molecule has 2 aliphatic rings. The van der Waals surface area contributed by atoms with Crippen LogP contribution < -0.4 is 4.90 Å². The van der Waals surface area contributed by atoms with E-state index in [1.807, 2.05) is 0 Å². The van der Waals surface area contributed by atoms with Crippen molar-refractivity contribution in [2.45, 2.75) is 83.7 Å². The zero-order chi connectivity index (χ0) is 15.4. The second-order valence-electron chi connectivity index (χ2n) is 7.57. The molecule has 1 saturated heterocycles. The van der Waals surface area contributed by atoms with Crippen molar-refractivity contribution in [3.63, 3.8) is 0 Å². The van der Waals surface area contributed by atoms with Crippen LogP contribution in [0.3, 0.4) is 0 Å². The minimum absolute atomic E-state index is 0.454. The predicted octanol–water partition coefficient (Wildman–Crippen LogP) is 2.33. The fourth-order valence-electron chi connectivity index (χ4n) is 4.44. The van der Waals surface area contributed by atoms with Crippen molar-refractivity contribution < 1.29 is 4.90 Å². The fourth-order valence-corrected chi connectivity index (χ4v) is 4.44. The Morgan fingerprint density at radius 3 is 2.23 bits per heavy atom. The van der Waals surface area contributed by atoms with Crippen molar-refractivity contribution >= 4 is 0 Å². The number of hydrogen-bond acceptors (Lipinski definition) is 3. The van der Waals surface area contributed by atoms with E-state index >= 15 is 0 Å². The SMILES string of the molecule is CC(C)[C@@H](c1nnnn1C1CCCCC1)[NH+]1CCCCCC1. The molecule has 0 radical (unpaired) electrons. The molecule has 1 aromatic heterocycles. The Morgan fingerprint density at radius 1 is 0.955 bits per heavy atom. The second kappa shape index (κ2) is 7.53. The molecular weight excluding hydrogens is 274 g/mol. The summed E-state index contributed by atoms with van der Waals surface area (Å²) in [6, 6.07) is 0.987. The van der Waals surface area contributed by atoms with Gasteiger partial charge in [-0.3, -0.25) is 0 Å². The topological polar surface area (TPSA) is 48.0 Å². The van der Waals surface area contributed by atoms with Gasteiger partial charge >= 0.3 is 0 Å². The van der Waals surface area contributed by atoms with Crippen LogP contribution in [0.4, 0.5) is 0 Å². The van der Waals surface area contributed by atoms with Crippen LogP contribution in [0.1, 0.15) is 89.5 Å². The predicted molar refractivity (Wildman–Crippen MR) is 86.7 cm³/mol. The second-order valence-corrected chi connectivity index (χ2v) is 7.57. The van der Waals surface area contributed by atoms with Gasteiger partial charge in [-0.15, -0.1) is 5.10 Å². The van der Waals surface area contributed by atoms with E-state index in [0.29, 0.717) is 18.0 Å². The minimum atomic E-state index is 0.454. The highest BCUT2D eigenvalue weighted by atomic mass is 15.6. The first-order valence-electron chi connectivity index (χ1n) is 9.39. The monoisotopic (exact) mass is 306 g/mol. The molecule has 0 amide bonds. The maximum Gasteiger partial charge on any atom is 0.209 e. The van der Waals surface area contributed by atoms with Gasteiger partial charge in [0.1, 0.15) is 0 Å². The van der Waals surface area contributed by atoms with Crippen LogP contribution >= 0.6 is 0 Å². The minimum Gasteiger partial charge on any atom is -0.326 e. The van der Waals surface area contributed by atoms with E-state index < -0.39 is 0 Å². The molecule has 22 heavy (non-hydrogen) atoms. The van der Waals surface area contributed by atoms with Crippen LogP contribution in [0.2, 0.25) is 0 Å². The summed E-state index contributed by atoms with van der Waals surface area (Å²) in [6.07, 6.45) is 12.0. The number of nitrogens with one attached hydrogen (secondary N) is 1. The lowest BCUT2D eigenvalue weighted by molar-refractivity contribution is -0.935. The molecule has 5 nitrogen and oxygen atoms in total. The van der Waals surface area contributed by atoms with Crippen molar-refractivity contribution in [3.05, 3.63) is 5.82 Å². The van der Waals surface area contributed by atoms with Crippen molar-refractivity contribution in [2.75, 3.05) is 13.1 Å². The highest BCUT2D eigenvalue weighted by Crippen LogP contribution is 2.30. The van der Waals surface area contributed by atoms with Gasteiger partial charge < -0.3 is 4.90 Å². The molecule has 5 heteroatoms. The number of quaternary nitrogens is 1. The highest BCUT2D eigenvalue weighted by molar-refractivity contribution is 4.92. The molecule has 1 saturated carbocycles. The first-order chi connectivity index (χ1) is 10.8. The first-order valence-corrected chi connectivity index (χ1v) is 9.39. The largest absolute Gasteiger partial charge is 0.326 e. The summed E-state index contributed by atoms with van der Waals surface area (Å²) in [6.45, 7) is 7.23. The number of nitrogens with zero attached hydrogens (tertiary/aromatic N) is 4. The zero-order valence-corrected chi connectivity index (χ0v) is 14.3. The van der Waals surface area contributed by atoms with Gasteiger partial charge in [0, 0.05) is 5.92 Å². The Kier molecular flexibility index (Phi) is 5.45. The lowest BCUT2D eigenvalue weighted by Crippen LogP contribution is -3.12. The van der Waals surface area contributed by atoms with Crippen LogP contribution in [0, 0.1) is 5.92 Å². The maximum atomic E-state index is 4.50. The van der Waals surface area contributed by atoms with Gasteiger partial charge in [0.05, 0.1) is 19.1 Å². The summed E-state index contributed by atoms with van der Waals surface area (Å²) in [5, 5.41) is 13.0. The summed E-state index contributed by atoms with van der Waals surface area (Å²) < 4.78 is 2.20. The Balaban J connectivity index is 1.83. The molecule has 1 aliphatic carbocycles. The molecule has 0 unspecified atom stereocenters. The lowest BCUT2D eigenvalue weighted by atomic mass is 9.94. The number of aromatic nitrogens is 4. The zero-order valence-electron chi connectivity index (χ0n) is 14.3. The molecule has 0 aromatic carbocycles. The number of tetrazole rings is 1. The number of likely N-dealkylation sites (tertiary alicyclic amines) is 1. The van der Waals surface area contributed by atoms with Crippen molar-refractivity contribution in [1.82, 2.24) is 20.2 Å². The molecule has 0 bridgehead atoms. The van der Waals surface area contributed by atoms with Crippen LogP contribution in [0.25, 0.3) is 0 Å². The summed E-state index contributed by atoms with van der Waals surface area (Å²) in [7, 11) is 0. The van der Waals surface area contributed by atoms with E-state index in [0.717, 1.165) is 5.82 Å². The van der Waals surface area contributed by atoms with Crippen molar-refractivity contribution in [1.29, 1.82) is 0 Å². The molecule has 1 N–H and O–H groups in total. The molecule has 0 spiro atoms. The average molecular weight is 306 g/mol. The molecular formula is C17H32N5+. The van der Waals surface area contributed by atoms with Gasteiger partial charge in [0.2, 0.25) is 5.82 Å². The summed E-state index contributed by atoms with van der Waals surface area (Å²) in [5.74, 6) is 1.74. The van der Waals surface area contributed by atoms with E-state index in [4.69, 9.17) is 0 Å². The number of rotatable bonds is 4. The van der Waals surface area contributed by atoms with Crippen LogP contribution in [0.15, 0.2) is 0 Å². The molecule has 3 rings (SSSR count). The summed E-state index contributed by atoms with van der Waals surface area (Å²) in [5.41, 5.74) is 0. The number of hydrogen-bond donors (Lipinski definition) is 1. The van der Waals surface area contributed by atoms with Crippen LogP contribution in [-0.2, 0) is 0 Å². The van der Waals surface area contributed by atoms with Crippen LogP contribution in [-0.4, -0.2) is 33.3 Å². The molecule has 1 aromatic rings. The van der Waals surface area contributed by atoms with E-state index in [1.165, 1.54) is 70.9 Å². The third kappa shape index (κ3) is 3.50. The van der Waals surface area contributed by atoms with Gasteiger partial charge in [-0.25, -0.2) is 4.68 Å². The first kappa shape index (κ1) is 15.9. The maximum absolute atomic E-state index is 4.50. The van der Waals surface area contributed by atoms with Gasteiger partial charge in [0.25, 0.3) is 0 Å². The highest BCUT2D eigenvalue weighted by Gasteiger charge is 2.34. The van der Waals surface area contributed by atoms with Gasteiger partial charge in [0.15, 0.2) is 6.04 Å². The van der Waals surface area contributed by atoms with Gasteiger partial charge in [-0.05, 0) is 49.0 Å². The quantitative estimate of drug-likeness (QED) is 0.929. The summed E-state index contributed by atoms with van der Waals surface area (Å²) >= 11 is 0. The lowest BCUT2D eigenvalue weighted by Gasteiger charge is -2.31. The molecule has 1 aliphatic heterocycles. The Bertz CT molecular complexity index is 442. The van der Waals surface area contributed by atoms with Gasteiger partial charge in [-0.1, -0.05) is 33.1 Å². The van der Waals surface area contributed by atoms with Crippen molar-refractivity contribution in [3.8, 4) is 0 Å². The van der Waals surface area contributed by atoms with E-state index in [1.54, 1.807) is 4.90 Å². The fraction of sp³-hybridized carbons (Fsp3) is 0.941. The third-order valence-electron chi connectivity index (χ3n) is 5.57. The molecule has 2 heterocycles. The van der Waals surface area contributed by atoms with Crippen LogP contribution in [0.5, 0.6) is 0 Å². The van der Waals surface area contributed by atoms with Crippen molar-refractivity contribution in [2.24, 2.45) is 5.92 Å². The Labute approximate surface area is 134 Å².